The Morgan fingerprint density at radius 1 is 0.933 bits per heavy atom. The van der Waals surface area contributed by atoms with Crippen molar-refractivity contribution < 1.29 is 31.1 Å². The number of alkyl halides is 6. The fourth-order valence-electron chi connectivity index (χ4n) is 2.50. The number of carbonyl (C=O) groups excluding carboxylic acids is 1. The maximum Gasteiger partial charge on any atom is 0.416 e. The van der Waals surface area contributed by atoms with Gasteiger partial charge in [0, 0.05) is 5.69 Å². The number of nitrogens with zero attached hydrogens (tertiary/aromatic N) is 3. The molecule has 0 saturated carbocycles. The van der Waals surface area contributed by atoms with Gasteiger partial charge in [-0.05, 0) is 42.5 Å². The molecule has 0 bridgehead atoms. The van der Waals surface area contributed by atoms with Crippen LogP contribution >= 0.6 is 0 Å². The Hall–Kier alpha value is -3.57. The number of amides is 1. The molecule has 2 N–H and O–H groups in total. The highest BCUT2D eigenvalue weighted by atomic mass is 19.4. The molecule has 0 spiro atoms. The minimum Gasteiger partial charge on any atom is -0.376 e. The standard InChI is InChI=1S/C18H13F6N5O/c19-17(20,21)11-1-4-13(5-2-11)26-8-16(30)28-14-7-12(18(22,23)24)3-6-15(14)29-10-25-9-27-29/h1-7,9-10,26H,8H2,(H,28,30). The first-order valence-corrected chi connectivity index (χ1v) is 8.31. The van der Waals surface area contributed by atoms with E-state index >= 15 is 0 Å². The molecule has 0 fully saturated rings. The summed E-state index contributed by atoms with van der Waals surface area (Å²) in [7, 11) is 0. The van der Waals surface area contributed by atoms with Gasteiger partial charge in [-0.15, -0.1) is 0 Å². The van der Waals surface area contributed by atoms with Gasteiger partial charge in [-0.25, -0.2) is 9.67 Å². The second-order valence-corrected chi connectivity index (χ2v) is 6.05. The highest BCUT2D eigenvalue weighted by Gasteiger charge is 2.32. The van der Waals surface area contributed by atoms with Gasteiger partial charge >= 0.3 is 12.4 Å². The molecule has 1 heterocycles. The Labute approximate surface area is 165 Å². The van der Waals surface area contributed by atoms with E-state index in [0.717, 1.165) is 42.5 Å². The topological polar surface area (TPSA) is 71.8 Å². The molecule has 1 aromatic heterocycles. The number of aromatic nitrogens is 3. The molecular weight excluding hydrogens is 416 g/mol. The summed E-state index contributed by atoms with van der Waals surface area (Å²) in [5.74, 6) is -0.712. The predicted molar refractivity (Wildman–Crippen MR) is 94.9 cm³/mol. The average Bonchev–Trinajstić information content (AvgIpc) is 3.20. The Morgan fingerprint density at radius 2 is 1.57 bits per heavy atom. The van der Waals surface area contributed by atoms with Crippen molar-refractivity contribution in [3.8, 4) is 5.69 Å². The highest BCUT2D eigenvalue weighted by Crippen LogP contribution is 2.33. The lowest BCUT2D eigenvalue weighted by atomic mass is 10.1. The first-order chi connectivity index (χ1) is 14.0. The lowest BCUT2D eigenvalue weighted by Gasteiger charge is -2.15. The number of anilines is 2. The highest BCUT2D eigenvalue weighted by molar-refractivity contribution is 5.95. The zero-order chi connectivity index (χ0) is 21.9. The lowest BCUT2D eigenvalue weighted by molar-refractivity contribution is -0.138. The molecular formula is C18H13F6N5O. The van der Waals surface area contributed by atoms with Crippen LogP contribution in [0.2, 0.25) is 0 Å². The Balaban J connectivity index is 1.74. The Kier molecular flexibility index (Phi) is 5.67. The van der Waals surface area contributed by atoms with E-state index in [1.807, 2.05) is 0 Å². The molecule has 3 rings (SSSR count). The SMILES string of the molecule is O=C(CNc1ccc(C(F)(F)F)cc1)Nc1cc(C(F)(F)F)ccc1-n1cncn1. The van der Waals surface area contributed by atoms with E-state index in [-0.39, 0.29) is 17.1 Å². The van der Waals surface area contributed by atoms with Crippen molar-refractivity contribution in [3.05, 3.63) is 66.2 Å². The number of rotatable bonds is 5. The molecule has 12 heteroatoms. The normalized spacial score (nSPS) is 11.9. The van der Waals surface area contributed by atoms with Crippen molar-refractivity contribution in [1.82, 2.24) is 14.8 Å². The summed E-state index contributed by atoms with van der Waals surface area (Å²) in [5, 5.41) is 8.79. The summed E-state index contributed by atoms with van der Waals surface area (Å²) in [6.07, 6.45) is -6.69. The monoisotopic (exact) mass is 429 g/mol. The summed E-state index contributed by atoms with van der Waals surface area (Å²) in [6, 6.07) is 6.70. The summed E-state index contributed by atoms with van der Waals surface area (Å²) in [5.41, 5.74) is -1.59. The molecule has 3 aromatic rings. The van der Waals surface area contributed by atoms with Crippen LogP contribution in [0.4, 0.5) is 37.7 Å². The quantitative estimate of drug-likeness (QED) is 0.592. The number of nitrogens with one attached hydrogen (secondary N) is 2. The van der Waals surface area contributed by atoms with Gasteiger partial charge in [0.1, 0.15) is 12.7 Å². The maximum atomic E-state index is 13.0. The van der Waals surface area contributed by atoms with Crippen molar-refractivity contribution in [3.63, 3.8) is 0 Å². The Morgan fingerprint density at radius 3 is 2.13 bits per heavy atom. The van der Waals surface area contributed by atoms with Crippen molar-refractivity contribution in [2.75, 3.05) is 17.2 Å². The van der Waals surface area contributed by atoms with E-state index in [1.54, 1.807) is 0 Å². The first kappa shape index (κ1) is 21.1. The zero-order valence-electron chi connectivity index (χ0n) is 14.9. The van der Waals surface area contributed by atoms with E-state index in [0.29, 0.717) is 0 Å². The van der Waals surface area contributed by atoms with Crippen LogP contribution in [-0.4, -0.2) is 27.2 Å². The van der Waals surface area contributed by atoms with Crippen LogP contribution in [0.25, 0.3) is 5.69 Å². The van der Waals surface area contributed by atoms with Crippen LogP contribution in [0.5, 0.6) is 0 Å². The third-order valence-corrected chi connectivity index (χ3v) is 3.93. The minimum atomic E-state index is -4.63. The fraction of sp³-hybridized carbons (Fsp3) is 0.167. The van der Waals surface area contributed by atoms with Gasteiger partial charge in [0.15, 0.2) is 0 Å². The summed E-state index contributed by atoms with van der Waals surface area (Å²) in [6.45, 7) is -0.390. The summed E-state index contributed by atoms with van der Waals surface area (Å²) in [4.78, 5) is 15.9. The molecule has 0 aliphatic carbocycles. The minimum absolute atomic E-state index is 0.156. The molecule has 0 saturated heterocycles. The smallest absolute Gasteiger partial charge is 0.376 e. The first-order valence-electron chi connectivity index (χ1n) is 8.31. The average molecular weight is 429 g/mol. The third-order valence-electron chi connectivity index (χ3n) is 3.93. The van der Waals surface area contributed by atoms with Crippen LogP contribution in [0.1, 0.15) is 11.1 Å². The van der Waals surface area contributed by atoms with E-state index in [9.17, 15) is 31.1 Å². The zero-order valence-corrected chi connectivity index (χ0v) is 14.9. The number of halogens is 6. The van der Waals surface area contributed by atoms with E-state index in [2.05, 4.69) is 20.7 Å². The van der Waals surface area contributed by atoms with Gasteiger partial charge in [-0.3, -0.25) is 4.79 Å². The number of benzene rings is 2. The lowest BCUT2D eigenvalue weighted by Crippen LogP contribution is -2.23. The van der Waals surface area contributed by atoms with E-state index in [4.69, 9.17) is 0 Å². The second kappa shape index (κ2) is 8.05. The molecule has 30 heavy (non-hydrogen) atoms. The van der Waals surface area contributed by atoms with Gasteiger partial charge in [0.2, 0.25) is 5.91 Å². The summed E-state index contributed by atoms with van der Waals surface area (Å²) >= 11 is 0. The van der Waals surface area contributed by atoms with Crippen molar-refractivity contribution in [1.29, 1.82) is 0 Å². The van der Waals surface area contributed by atoms with Crippen LogP contribution in [-0.2, 0) is 17.1 Å². The van der Waals surface area contributed by atoms with Crippen LogP contribution < -0.4 is 10.6 Å². The molecule has 1 amide bonds. The summed E-state index contributed by atoms with van der Waals surface area (Å²) < 4.78 is 78.0. The molecule has 0 radical (unpaired) electrons. The van der Waals surface area contributed by atoms with Crippen LogP contribution in [0.3, 0.4) is 0 Å². The van der Waals surface area contributed by atoms with Gasteiger partial charge in [-0.1, -0.05) is 0 Å². The molecule has 0 unspecified atom stereocenters. The Bertz CT molecular complexity index is 1010. The van der Waals surface area contributed by atoms with Crippen molar-refractivity contribution in [2.24, 2.45) is 0 Å². The molecule has 2 aromatic carbocycles. The molecule has 158 valence electrons. The second-order valence-electron chi connectivity index (χ2n) is 6.05. The largest absolute Gasteiger partial charge is 0.416 e. The van der Waals surface area contributed by atoms with Gasteiger partial charge in [-0.2, -0.15) is 31.4 Å². The number of hydrogen-bond acceptors (Lipinski definition) is 4. The van der Waals surface area contributed by atoms with E-state index in [1.165, 1.54) is 17.3 Å². The fourth-order valence-corrected chi connectivity index (χ4v) is 2.50. The van der Waals surface area contributed by atoms with E-state index < -0.39 is 35.9 Å². The number of hydrogen-bond donors (Lipinski definition) is 2. The number of carbonyl (C=O) groups is 1. The van der Waals surface area contributed by atoms with Gasteiger partial charge in [0.25, 0.3) is 0 Å². The van der Waals surface area contributed by atoms with Crippen LogP contribution in [0.15, 0.2) is 55.1 Å². The van der Waals surface area contributed by atoms with Crippen molar-refractivity contribution >= 4 is 17.3 Å². The van der Waals surface area contributed by atoms with Gasteiger partial charge < -0.3 is 10.6 Å². The third kappa shape index (κ3) is 5.07. The predicted octanol–water partition coefficient (Wildman–Crippen LogP) is 4.36. The van der Waals surface area contributed by atoms with Crippen molar-refractivity contribution in [2.45, 2.75) is 12.4 Å². The van der Waals surface area contributed by atoms with Crippen LogP contribution in [0, 0.1) is 0 Å². The molecule has 6 nitrogen and oxygen atoms in total. The molecule has 0 aliphatic rings. The van der Waals surface area contributed by atoms with Gasteiger partial charge in [0.05, 0.1) is 29.0 Å². The molecule has 0 aliphatic heterocycles. The molecule has 0 atom stereocenters. The maximum absolute atomic E-state index is 13.0.